The van der Waals surface area contributed by atoms with Gasteiger partial charge in [-0.05, 0) is 24.8 Å². The lowest BCUT2D eigenvalue weighted by Crippen LogP contribution is -2.43. The van der Waals surface area contributed by atoms with Crippen LogP contribution in [0, 0.1) is 0 Å². The van der Waals surface area contributed by atoms with Gasteiger partial charge in [0.2, 0.25) is 0 Å². The highest BCUT2D eigenvalue weighted by atomic mass is 16.6. The van der Waals surface area contributed by atoms with Gasteiger partial charge >= 0.3 is 0 Å². The number of aliphatic hydroxyl groups excluding tert-OH is 1. The van der Waals surface area contributed by atoms with Gasteiger partial charge in [-0.3, -0.25) is 0 Å². The highest BCUT2D eigenvalue weighted by molar-refractivity contribution is 5.13. The second-order valence-electron chi connectivity index (χ2n) is 6.49. The van der Waals surface area contributed by atoms with E-state index < -0.39 is 6.29 Å². The lowest BCUT2D eigenvalue weighted by molar-refractivity contribution is -0.117. The molecule has 122 valence electrons. The molecule has 0 amide bonds. The molecular formula is C18H27NO3. The number of ether oxygens (including phenoxy) is 2. The standard InChI is InChI=1S/C18H27NO3/c20-18-17(19-15-9-5-2-6-10-15)11-16(22-18)13-21-12-14-7-3-1-4-8-14/h1,3-4,7-8,15-20H,2,5-6,9-13H2/t16-,17-,18-/m0/s1. The van der Waals surface area contributed by atoms with E-state index in [9.17, 15) is 5.11 Å². The quantitative estimate of drug-likeness (QED) is 0.848. The van der Waals surface area contributed by atoms with E-state index in [1.165, 1.54) is 32.1 Å². The van der Waals surface area contributed by atoms with Crippen LogP contribution in [-0.2, 0) is 16.1 Å². The molecular weight excluding hydrogens is 278 g/mol. The summed E-state index contributed by atoms with van der Waals surface area (Å²) in [5.74, 6) is 0. The van der Waals surface area contributed by atoms with Crippen LogP contribution in [0.5, 0.6) is 0 Å². The minimum Gasteiger partial charge on any atom is -0.374 e. The molecule has 3 rings (SSSR count). The molecule has 1 heterocycles. The van der Waals surface area contributed by atoms with Gasteiger partial charge in [0.1, 0.15) is 0 Å². The predicted octanol–water partition coefficient (Wildman–Crippen LogP) is 2.60. The van der Waals surface area contributed by atoms with Crippen LogP contribution in [0.3, 0.4) is 0 Å². The average molecular weight is 305 g/mol. The molecule has 22 heavy (non-hydrogen) atoms. The Kier molecular flexibility index (Phi) is 5.84. The van der Waals surface area contributed by atoms with Crippen LogP contribution in [-0.4, -0.2) is 36.2 Å². The molecule has 0 spiro atoms. The van der Waals surface area contributed by atoms with Crippen molar-refractivity contribution in [3.8, 4) is 0 Å². The van der Waals surface area contributed by atoms with E-state index in [4.69, 9.17) is 9.47 Å². The van der Waals surface area contributed by atoms with Gasteiger partial charge in [0.05, 0.1) is 25.4 Å². The summed E-state index contributed by atoms with van der Waals surface area (Å²) < 4.78 is 11.3. The Morgan fingerprint density at radius 2 is 1.91 bits per heavy atom. The van der Waals surface area contributed by atoms with Gasteiger partial charge in [0.25, 0.3) is 0 Å². The van der Waals surface area contributed by atoms with E-state index in [2.05, 4.69) is 17.4 Å². The summed E-state index contributed by atoms with van der Waals surface area (Å²) in [5.41, 5.74) is 1.16. The van der Waals surface area contributed by atoms with Crippen LogP contribution < -0.4 is 5.32 Å². The van der Waals surface area contributed by atoms with Crippen LogP contribution in [0.1, 0.15) is 44.1 Å². The molecule has 1 aromatic rings. The van der Waals surface area contributed by atoms with Gasteiger partial charge in [-0.2, -0.15) is 0 Å². The first kappa shape index (κ1) is 15.9. The molecule has 1 aliphatic carbocycles. The third-order valence-electron chi connectivity index (χ3n) is 4.66. The summed E-state index contributed by atoms with van der Waals surface area (Å²) >= 11 is 0. The molecule has 2 aliphatic rings. The van der Waals surface area contributed by atoms with Crippen molar-refractivity contribution in [1.29, 1.82) is 0 Å². The Morgan fingerprint density at radius 1 is 1.14 bits per heavy atom. The highest BCUT2D eigenvalue weighted by Crippen LogP contribution is 2.23. The SMILES string of the molecule is O[C@H]1O[C@H](COCc2ccccc2)C[C@@H]1NC1CCCCC1. The molecule has 0 radical (unpaired) electrons. The van der Waals surface area contributed by atoms with Crippen LogP contribution in [0.15, 0.2) is 30.3 Å². The molecule has 0 aromatic heterocycles. The van der Waals surface area contributed by atoms with Gasteiger partial charge < -0.3 is 19.9 Å². The van der Waals surface area contributed by atoms with Crippen molar-refractivity contribution in [3.63, 3.8) is 0 Å². The first-order chi connectivity index (χ1) is 10.8. The first-order valence-electron chi connectivity index (χ1n) is 8.52. The molecule has 1 aliphatic heterocycles. The van der Waals surface area contributed by atoms with Crippen LogP contribution in [0.25, 0.3) is 0 Å². The number of rotatable bonds is 6. The van der Waals surface area contributed by atoms with Crippen molar-refractivity contribution in [3.05, 3.63) is 35.9 Å². The van der Waals surface area contributed by atoms with Gasteiger partial charge in [-0.15, -0.1) is 0 Å². The van der Waals surface area contributed by atoms with Gasteiger partial charge in [-0.25, -0.2) is 0 Å². The Bertz CT molecular complexity index is 433. The molecule has 1 saturated heterocycles. The summed E-state index contributed by atoms with van der Waals surface area (Å²) in [7, 11) is 0. The molecule has 0 bridgehead atoms. The van der Waals surface area contributed by atoms with E-state index in [0.717, 1.165) is 12.0 Å². The largest absolute Gasteiger partial charge is 0.374 e. The zero-order chi connectivity index (χ0) is 15.2. The predicted molar refractivity (Wildman–Crippen MR) is 85.4 cm³/mol. The first-order valence-corrected chi connectivity index (χ1v) is 8.52. The topological polar surface area (TPSA) is 50.7 Å². The van der Waals surface area contributed by atoms with E-state index in [-0.39, 0.29) is 12.1 Å². The molecule has 4 heteroatoms. The molecule has 0 unspecified atom stereocenters. The monoisotopic (exact) mass is 305 g/mol. The van der Waals surface area contributed by atoms with E-state index in [1.54, 1.807) is 0 Å². The van der Waals surface area contributed by atoms with E-state index >= 15 is 0 Å². The number of nitrogens with one attached hydrogen (secondary N) is 1. The fourth-order valence-corrected chi connectivity index (χ4v) is 3.46. The Hall–Kier alpha value is -0.940. The average Bonchev–Trinajstić information content (AvgIpc) is 2.89. The van der Waals surface area contributed by atoms with E-state index in [1.807, 2.05) is 18.2 Å². The van der Waals surface area contributed by atoms with Crippen LogP contribution in [0.2, 0.25) is 0 Å². The molecule has 1 saturated carbocycles. The molecule has 3 atom stereocenters. The summed E-state index contributed by atoms with van der Waals surface area (Å²) in [6.07, 6.45) is 6.49. The van der Waals surface area contributed by atoms with Crippen molar-refractivity contribution in [2.45, 2.75) is 69.6 Å². The second kappa shape index (κ2) is 8.06. The molecule has 2 N–H and O–H groups in total. The van der Waals surface area contributed by atoms with Crippen LogP contribution in [0.4, 0.5) is 0 Å². The minimum atomic E-state index is -0.702. The fourth-order valence-electron chi connectivity index (χ4n) is 3.46. The van der Waals surface area contributed by atoms with Crippen molar-refractivity contribution < 1.29 is 14.6 Å². The second-order valence-corrected chi connectivity index (χ2v) is 6.49. The summed E-state index contributed by atoms with van der Waals surface area (Å²) in [4.78, 5) is 0. The zero-order valence-electron chi connectivity index (χ0n) is 13.1. The molecule has 2 fully saturated rings. The summed E-state index contributed by atoms with van der Waals surface area (Å²) in [6, 6.07) is 10.7. The van der Waals surface area contributed by atoms with Gasteiger partial charge in [-0.1, -0.05) is 49.6 Å². The van der Waals surface area contributed by atoms with Crippen molar-refractivity contribution in [2.24, 2.45) is 0 Å². The van der Waals surface area contributed by atoms with Gasteiger partial charge in [0, 0.05) is 6.04 Å². The molecule has 1 aromatic carbocycles. The van der Waals surface area contributed by atoms with Crippen LogP contribution >= 0.6 is 0 Å². The smallest absolute Gasteiger partial charge is 0.170 e. The highest BCUT2D eigenvalue weighted by Gasteiger charge is 2.35. The zero-order valence-corrected chi connectivity index (χ0v) is 13.1. The maximum absolute atomic E-state index is 10.1. The Balaban J connectivity index is 1.38. The number of benzene rings is 1. The van der Waals surface area contributed by atoms with E-state index in [0.29, 0.717) is 19.3 Å². The minimum absolute atomic E-state index is 0.0141. The Morgan fingerprint density at radius 3 is 2.68 bits per heavy atom. The summed E-state index contributed by atoms with van der Waals surface area (Å²) in [5, 5.41) is 13.6. The summed E-state index contributed by atoms with van der Waals surface area (Å²) in [6.45, 7) is 1.13. The lowest BCUT2D eigenvalue weighted by Gasteiger charge is -2.27. The fraction of sp³-hybridized carbons (Fsp3) is 0.667. The number of hydrogen-bond donors (Lipinski definition) is 2. The van der Waals surface area contributed by atoms with Crippen molar-refractivity contribution in [1.82, 2.24) is 5.32 Å². The third-order valence-corrected chi connectivity index (χ3v) is 4.66. The normalized spacial score (nSPS) is 29.8. The maximum Gasteiger partial charge on any atom is 0.170 e. The number of hydrogen-bond acceptors (Lipinski definition) is 4. The number of aliphatic hydroxyl groups is 1. The lowest BCUT2D eigenvalue weighted by atomic mass is 9.94. The van der Waals surface area contributed by atoms with Gasteiger partial charge in [0.15, 0.2) is 6.29 Å². The van der Waals surface area contributed by atoms with Crippen molar-refractivity contribution in [2.75, 3.05) is 6.61 Å². The third kappa shape index (κ3) is 4.53. The van der Waals surface area contributed by atoms with Crippen molar-refractivity contribution >= 4 is 0 Å². The Labute approximate surface area is 132 Å². The maximum atomic E-state index is 10.1. The molecule has 4 nitrogen and oxygen atoms in total.